The highest BCUT2D eigenvalue weighted by atomic mass is 127. The van der Waals surface area contributed by atoms with Crippen molar-refractivity contribution in [3.05, 3.63) is 29.8 Å². The Labute approximate surface area is 189 Å². The van der Waals surface area contributed by atoms with Gasteiger partial charge < -0.3 is 31.2 Å². The molecule has 0 saturated heterocycles. The molecule has 1 aromatic rings. The fraction of sp³-hybridized carbons (Fsp3) is 0.526. The van der Waals surface area contributed by atoms with Gasteiger partial charge >= 0.3 is 6.09 Å². The summed E-state index contributed by atoms with van der Waals surface area (Å²) in [5.41, 5.74) is 5.48. The smallest absolute Gasteiger partial charge is 0.407 e. The number of hydrogen-bond donors (Lipinski definition) is 4. The second-order valence-corrected chi connectivity index (χ2v) is 6.95. The topological polar surface area (TPSA) is 127 Å². The molecule has 164 valence electrons. The number of hydrogen-bond acceptors (Lipinski definition) is 5. The van der Waals surface area contributed by atoms with Gasteiger partial charge in [0.1, 0.15) is 11.4 Å². The number of ether oxygens (including phenoxy) is 2. The van der Waals surface area contributed by atoms with Crippen LogP contribution in [0.2, 0.25) is 0 Å². The predicted octanol–water partition coefficient (Wildman–Crippen LogP) is 1.75. The van der Waals surface area contributed by atoms with Crippen molar-refractivity contribution in [3.8, 4) is 5.75 Å². The van der Waals surface area contributed by atoms with E-state index in [0.717, 1.165) is 5.56 Å². The third kappa shape index (κ3) is 13.6. The van der Waals surface area contributed by atoms with E-state index in [1.165, 1.54) is 0 Å². The van der Waals surface area contributed by atoms with Gasteiger partial charge in [-0.15, -0.1) is 24.0 Å². The van der Waals surface area contributed by atoms with Crippen LogP contribution in [0.5, 0.6) is 5.75 Å². The molecule has 0 unspecified atom stereocenters. The Morgan fingerprint density at radius 1 is 1.14 bits per heavy atom. The standard InChI is InChI=1S/C19H31N5O4.HI/c1-5-21-17(22-9-10-23-18(26)28-19(2,3)4)24-12-14-7-6-8-15(11-14)27-13-16(20)25;/h6-8,11H,5,9-10,12-13H2,1-4H3,(H2,20,25)(H,23,26)(H2,21,22,24);1H. The first kappa shape index (κ1) is 26.8. The van der Waals surface area contributed by atoms with Gasteiger partial charge in [-0.3, -0.25) is 4.79 Å². The molecule has 5 N–H and O–H groups in total. The van der Waals surface area contributed by atoms with Crippen LogP contribution in [0.25, 0.3) is 0 Å². The molecule has 0 aromatic heterocycles. The van der Waals surface area contributed by atoms with Crippen molar-refractivity contribution >= 4 is 41.9 Å². The van der Waals surface area contributed by atoms with Crippen molar-refractivity contribution in [2.75, 3.05) is 26.2 Å². The fourth-order valence-electron chi connectivity index (χ4n) is 2.06. The monoisotopic (exact) mass is 521 g/mol. The van der Waals surface area contributed by atoms with Gasteiger partial charge in [0, 0.05) is 19.6 Å². The maximum absolute atomic E-state index is 11.6. The highest BCUT2D eigenvalue weighted by Gasteiger charge is 2.15. The summed E-state index contributed by atoms with van der Waals surface area (Å²) >= 11 is 0. The lowest BCUT2D eigenvalue weighted by molar-refractivity contribution is -0.119. The highest BCUT2D eigenvalue weighted by Crippen LogP contribution is 2.14. The van der Waals surface area contributed by atoms with Crippen molar-refractivity contribution in [2.45, 2.75) is 39.8 Å². The van der Waals surface area contributed by atoms with E-state index in [1.54, 1.807) is 12.1 Å². The number of aliphatic imine (C=N–C) groups is 1. The van der Waals surface area contributed by atoms with Gasteiger partial charge in [-0.2, -0.15) is 0 Å². The molecule has 10 heteroatoms. The maximum Gasteiger partial charge on any atom is 0.407 e. The highest BCUT2D eigenvalue weighted by molar-refractivity contribution is 14.0. The minimum absolute atomic E-state index is 0. The molecule has 0 bridgehead atoms. The van der Waals surface area contributed by atoms with Crippen LogP contribution in [0.1, 0.15) is 33.3 Å². The van der Waals surface area contributed by atoms with E-state index < -0.39 is 17.6 Å². The van der Waals surface area contributed by atoms with Crippen LogP contribution < -0.4 is 26.4 Å². The maximum atomic E-state index is 11.6. The second-order valence-electron chi connectivity index (χ2n) is 6.95. The molecule has 9 nitrogen and oxygen atoms in total. The lowest BCUT2D eigenvalue weighted by atomic mass is 10.2. The molecular weight excluding hydrogens is 489 g/mol. The number of benzene rings is 1. The summed E-state index contributed by atoms with van der Waals surface area (Å²) in [6, 6.07) is 7.29. The van der Waals surface area contributed by atoms with Crippen LogP contribution in [-0.2, 0) is 16.1 Å². The van der Waals surface area contributed by atoms with E-state index in [0.29, 0.717) is 37.9 Å². The summed E-state index contributed by atoms with van der Waals surface area (Å²) in [4.78, 5) is 26.9. The zero-order chi connectivity index (χ0) is 21.0. The fourth-order valence-corrected chi connectivity index (χ4v) is 2.06. The first-order valence-electron chi connectivity index (χ1n) is 9.18. The third-order valence-electron chi connectivity index (χ3n) is 3.13. The van der Waals surface area contributed by atoms with Crippen LogP contribution in [0.4, 0.5) is 4.79 Å². The lowest BCUT2D eigenvalue weighted by Gasteiger charge is -2.19. The molecule has 1 aromatic carbocycles. The molecule has 0 atom stereocenters. The summed E-state index contributed by atoms with van der Waals surface area (Å²) < 4.78 is 10.5. The zero-order valence-corrected chi connectivity index (χ0v) is 19.7. The van der Waals surface area contributed by atoms with Crippen molar-refractivity contribution in [1.82, 2.24) is 16.0 Å². The number of nitrogens with zero attached hydrogens (tertiary/aromatic N) is 1. The number of carbonyl (C=O) groups excluding carboxylic acids is 2. The van der Waals surface area contributed by atoms with Gasteiger partial charge in [0.05, 0.1) is 6.54 Å². The van der Waals surface area contributed by atoms with E-state index >= 15 is 0 Å². The number of nitrogens with two attached hydrogens (primary N) is 1. The summed E-state index contributed by atoms with van der Waals surface area (Å²) in [6.07, 6.45) is -0.455. The van der Waals surface area contributed by atoms with Gasteiger partial charge in [0.15, 0.2) is 12.6 Å². The molecule has 0 saturated carbocycles. The Kier molecular flexibility index (Phi) is 12.8. The molecule has 0 heterocycles. The zero-order valence-electron chi connectivity index (χ0n) is 17.4. The van der Waals surface area contributed by atoms with Gasteiger partial charge in [0.2, 0.25) is 0 Å². The molecule has 1 rings (SSSR count). The number of nitrogens with one attached hydrogen (secondary N) is 3. The van der Waals surface area contributed by atoms with Crippen LogP contribution in [-0.4, -0.2) is 49.8 Å². The Bertz CT molecular complexity index is 677. The average molecular weight is 521 g/mol. The number of rotatable bonds is 9. The van der Waals surface area contributed by atoms with E-state index in [9.17, 15) is 9.59 Å². The normalized spacial score (nSPS) is 11.1. The minimum Gasteiger partial charge on any atom is -0.484 e. The molecular formula is C19H32IN5O4. The van der Waals surface area contributed by atoms with Crippen LogP contribution in [0.15, 0.2) is 29.3 Å². The van der Waals surface area contributed by atoms with Gasteiger partial charge in [0.25, 0.3) is 5.91 Å². The third-order valence-corrected chi connectivity index (χ3v) is 3.13. The summed E-state index contributed by atoms with van der Waals surface area (Å²) in [5.74, 6) is 0.657. The Hall–Kier alpha value is -2.24. The van der Waals surface area contributed by atoms with Gasteiger partial charge in [-0.25, -0.2) is 9.79 Å². The predicted molar refractivity (Wildman–Crippen MR) is 124 cm³/mol. The van der Waals surface area contributed by atoms with Crippen molar-refractivity contribution in [1.29, 1.82) is 0 Å². The number of carbonyl (C=O) groups is 2. The first-order chi connectivity index (χ1) is 13.2. The van der Waals surface area contributed by atoms with Crippen LogP contribution in [0.3, 0.4) is 0 Å². The van der Waals surface area contributed by atoms with E-state index in [1.807, 2.05) is 39.8 Å². The molecule has 2 amide bonds. The number of guanidine groups is 1. The molecule has 0 aliphatic heterocycles. The number of halogens is 1. The molecule has 0 radical (unpaired) electrons. The van der Waals surface area contributed by atoms with E-state index in [2.05, 4.69) is 20.9 Å². The number of alkyl carbamates (subject to hydrolysis) is 1. The van der Waals surface area contributed by atoms with Gasteiger partial charge in [-0.1, -0.05) is 12.1 Å². The Morgan fingerprint density at radius 2 is 1.83 bits per heavy atom. The van der Waals surface area contributed by atoms with Crippen molar-refractivity contribution in [3.63, 3.8) is 0 Å². The summed E-state index contributed by atoms with van der Waals surface area (Å²) in [7, 11) is 0. The van der Waals surface area contributed by atoms with Crippen molar-refractivity contribution in [2.24, 2.45) is 10.7 Å². The quantitative estimate of drug-likeness (QED) is 0.170. The lowest BCUT2D eigenvalue weighted by Crippen LogP contribution is -2.42. The van der Waals surface area contributed by atoms with Crippen LogP contribution in [0, 0.1) is 0 Å². The minimum atomic E-state index is -0.526. The molecule has 0 fully saturated rings. The Morgan fingerprint density at radius 3 is 2.45 bits per heavy atom. The average Bonchev–Trinajstić information content (AvgIpc) is 2.60. The SMILES string of the molecule is CCNC(=NCc1cccc(OCC(N)=O)c1)NCCNC(=O)OC(C)(C)C.I. The number of amides is 2. The van der Waals surface area contributed by atoms with Gasteiger partial charge in [-0.05, 0) is 45.4 Å². The molecule has 0 spiro atoms. The molecule has 0 aliphatic carbocycles. The molecule has 29 heavy (non-hydrogen) atoms. The van der Waals surface area contributed by atoms with Crippen molar-refractivity contribution < 1.29 is 19.1 Å². The van der Waals surface area contributed by atoms with E-state index in [-0.39, 0.29) is 30.6 Å². The van der Waals surface area contributed by atoms with E-state index in [4.69, 9.17) is 15.2 Å². The summed E-state index contributed by atoms with van der Waals surface area (Å²) in [6.45, 7) is 9.26. The largest absolute Gasteiger partial charge is 0.484 e. The summed E-state index contributed by atoms with van der Waals surface area (Å²) in [5, 5.41) is 8.96. The van der Waals surface area contributed by atoms with Crippen LogP contribution >= 0.6 is 24.0 Å². The Balaban J connectivity index is 0.00000784. The molecule has 0 aliphatic rings. The second kappa shape index (κ2) is 13.9. The first-order valence-corrected chi connectivity index (χ1v) is 9.18. The number of primary amides is 1.